The second-order valence-electron chi connectivity index (χ2n) is 8.75. The second kappa shape index (κ2) is 11.8. The van der Waals surface area contributed by atoms with E-state index >= 15 is 0 Å². The standard InChI is InChI=1S/C27H36N4O2/c1-3-28-27(29-17-22-7-6-8-25(16-22)31-12-4-5-13-31)30-18-24-10-9-21(2)15-26(24)33-20-23-11-14-32-19-23/h4-10,15-16,23H,3,11-14,17-20H2,1-2H3,(H2,28,29,30). The molecule has 1 saturated heterocycles. The Morgan fingerprint density at radius 3 is 2.82 bits per heavy atom. The van der Waals surface area contributed by atoms with E-state index in [0.29, 0.717) is 25.6 Å². The van der Waals surface area contributed by atoms with Gasteiger partial charge in [0.2, 0.25) is 0 Å². The van der Waals surface area contributed by atoms with Gasteiger partial charge in [-0.15, -0.1) is 0 Å². The molecule has 2 aliphatic rings. The molecule has 2 N–H and O–H groups in total. The lowest BCUT2D eigenvalue weighted by atomic mass is 10.1. The van der Waals surface area contributed by atoms with E-state index < -0.39 is 0 Å². The fourth-order valence-electron chi connectivity index (χ4n) is 4.10. The zero-order valence-corrected chi connectivity index (χ0v) is 19.8. The lowest BCUT2D eigenvalue weighted by Gasteiger charge is -2.18. The molecule has 1 unspecified atom stereocenters. The molecule has 0 bridgehead atoms. The Hall–Kier alpha value is -2.99. The quantitative estimate of drug-likeness (QED) is 0.344. The molecule has 1 atom stereocenters. The van der Waals surface area contributed by atoms with Gasteiger partial charge in [-0.1, -0.05) is 36.4 Å². The van der Waals surface area contributed by atoms with Crippen molar-refractivity contribution in [2.24, 2.45) is 10.9 Å². The minimum Gasteiger partial charge on any atom is -0.493 e. The lowest BCUT2D eigenvalue weighted by Crippen LogP contribution is -2.36. The van der Waals surface area contributed by atoms with Crippen molar-refractivity contribution in [3.05, 3.63) is 71.3 Å². The fourth-order valence-corrected chi connectivity index (χ4v) is 4.10. The Morgan fingerprint density at radius 1 is 1.15 bits per heavy atom. The van der Waals surface area contributed by atoms with Crippen LogP contribution < -0.4 is 20.3 Å². The van der Waals surface area contributed by atoms with Gasteiger partial charge >= 0.3 is 0 Å². The summed E-state index contributed by atoms with van der Waals surface area (Å²) in [5.41, 5.74) is 4.79. The number of ether oxygens (including phenoxy) is 2. The number of nitrogens with zero attached hydrogens (tertiary/aromatic N) is 2. The van der Waals surface area contributed by atoms with Crippen LogP contribution in [-0.4, -0.2) is 45.4 Å². The number of aryl methyl sites for hydroxylation is 1. The first kappa shape index (κ1) is 23.2. The van der Waals surface area contributed by atoms with E-state index in [9.17, 15) is 0 Å². The van der Waals surface area contributed by atoms with E-state index in [2.05, 4.69) is 84.0 Å². The second-order valence-corrected chi connectivity index (χ2v) is 8.75. The van der Waals surface area contributed by atoms with Crippen molar-refractivity contribution in [2.75, 3.05) is 44.4 Å². The topological polar surface area (TPSA) is 58.1 Å². The summed E-state index contributed by atoms with van der Waals surface area (Å²) >= 11 is 0. The zero-order chi connectivity index (χ0) is 22.9. The molecule has 0 aliphatic carbocycles. The van der Waals surface area contributed by atoms with E-state index in [-0.39, 0.29) is 0 Å². The highest BCUT2D eigenvalue weighted by Crippen LogP contribution is 2.23. The SMILES string of the molecule is CCNC(=NCc1cccc(N2CC=CC2)c1)NCc1ccc(C)cc1OCC1CCOC1. The molecule has 0 amide bonds. The molecule has 1 fully saturated rings. The van der Waals surface area contributed by atoms with E-state index in [1.165, 1.54) is 16.8 Å². The number of guanidine groups is 1. The number of benzene rings is 2. The summed E-state index contributed by atoms with van der Waals surface area (Å²) < 4.78 is 11.7. The van der Waals surface area contributed by atoms with E-state index in [0.717, 1.165) is 56.5 Å². The Kier molecular flexibility index (Phi) is 8.25. The van der Waals surface area contributed by atoms with Crippen LogP contribution in [-0.2, 0) is 17.8 Å². The molecule has 6 heteroatoms. The summed E-state index contributed by atoms with van der Waals surface area (Å²) in [4.78, 5) is 7.18. The maximum Gasteiger partial charge on any atom is 0.191 e. The van der Waals surface area contributed by atoms with Crippen LogP contribution in [0, 0.1) is 12.8 Å². The van der Waals surface area contributed by atoms with Crippen LogP contribution in [0.5, 0.6) is 5.75 Å². The predicted molar refractivity (Wildman–Crippen MR) is 135 cm³/mol. The molecule has 2 aromatic rings. The first-order valence-corrected chi connectivity index (χ1v) is 12.0. The summed E-state index contributed by atoms with van der Waals surface area (Å²) in [5, 5.41) is 6.84. The highest BCUT2D eigenvalue weighted by molar-refractivity contribution is 5.79. The number of rotatable bonds is 9. The van der Waals surface area contributed by atoms with Crippen LogP contribution in [0.1, 0.15) is 30.0 Å². The van der Waals surface area contributed by atoms with Crippen molar-refractivity contribution >= 4 is 11.6 Å². The van der Waals surface area contributed by atoms with Crippen molar-refractivity contribution < 1.29 is 9.47 Å². The number of hydrogen-bond donors (Lipinski definition) is 2. The average Bonchev–Trinajstić information content (AvgIpc) is 3.55. The van der Waals surface area contributed by atoms with Gasteiger partial charge in [-0.3, -0.25) is 0 Å². The summed E-state index contributed by atoms with van der Waals surface area (Å²) in [6, 6.07) is 15.0. The minimum absolute atomic E-state index is 0.484. The van der Waals surface area contributed by atoms with E-state index in [1.807, 2.05) is 0 Å². The van der Waals surface area contributed by atoms with Gasteiger partial charge in [0.25, 0.3) is 0 Å². The molecule has 33 heavy (non-hydrogen) atoms. The lowest BCUT2D eigenvalue weighted by molar-refractivity contribution is 0.166. The van der Waals surface area contributed by atoms with Crippen molar-refractivity contribution in [3.8, 4) is 5.75 Å². The first-order valence-electron chi connectivity index (χ1n) is 12.0. The van der Waals surface area contributed by atoms with Crippen molar-refractivity contribution in [3.63, 3.8) is 0 Å². The first-order chi connectivity index (χ1) is 16.2. The van der Waals surface area contributed by atoms with E-state index in [4.69, 9.17) is 14.5 Å². The van der Waals surface area contributed by atoms with Crippen molar-refractivity contribution in [2.45, 2.75) is 33.4 Å². The minimum atomic E-state index is 0.484. The van der Waals surface area contributed by atoms with Gasteiger partial charge in [0.05, 0.1) is 19.8 Å². The summed E-state index contributed by atoms with van der Waals surface area (Å²) in [6.07, 6.45) is 5.50. The normalized spacial score (nSPS) is 18.1. The van der Waals surface area contributed by atoms with Crippen LogP contribution in [0.25, 0.3) is 0 Å². The summed E-state index contributed by atoms with van der Waals surface area (Å²) in [6.45, 7) is 10.6. The van der Waals surface area contributed by atoms with Gasteiger partial charge in [0.15, 0.2) is 5.96 Å². The van der Waals surface area contributed by atoms with Gasteiger partial charge in [-0.05, 0) is 49.6 Å². The molecule has 2 heterocycles. The van der Waals surface area contributed by atoms with Gasteiger partial charge in [0, 0.05) is 50.0 Å². The maximum absolute atomic E-state index is 6.20. The average molecular weight is 449 g/mol. The van der Waals surface area contributed by atoms with Gasteiger partial charge in [-0.25, -0.2) is 4.99 Å². The Balaban J connectivity index is 1.38. The van der Waals surface area contributed by atoms with Gasteiger partial charge < -0.3 is 25.0 Å². The third kappa shape index (κ3) is 6.75. The largest absolute Gasteiger partial charge is 0.493 e. The molecule has 2 aliphatic heterocycles. The fraction of sp³-hybridized carbons (Fsp3) is 0.444. The molecule has 0 radical (unpaired) electrons. The molecule has 0 saturated carbocycles. The Bertz CT molecular complexity index is 958. The number of aliphatic imine (C=N–C) groups is 1. The Morgan fingerprint density at radius 2 is 2.03 bits per heavy atom. The third-order valence-electron chi connectivity index (χ3n) is 6.03. The number of hydrogen-bond acceptors (Lipinski definition) is 4. The van der Waals surface area contributed by atoms with Gasteiger partial charge in [0.1, 0.15) is 5.75 Å². The predicted octanol–water partition coefficient (Wildman–Crippen LogP) is 4.04. The molecule has 2 aromatic carbocycles. The van der Waals surface area contributed by atoms with Crippen LogP contribution in [0.15, 0.2) is 59.6 Å². The monoisotopic (exact) mass is 448 g/mol. The third-order valence-corrected chi connectivity index (χ3v) is 6.03. The molecule has 176 valence electrons. The molecular formula is C27H36N4O2. The van der Waals surface area contributed by atoms with Crippen LogP contribution in [0.4, 0.5) is 5.69 Å². The number of nitrogens with one attached hydrogen (secondary N) is 2. The summed E-state index contributed by atoms with van der Waals surface area (Å²) in [5.74, 6) is 2.23. The molecular weight excluding hydrogens is 412 g/mol. The van der Waals surface area contributed by atoms with Gasteiger partial charge in [-0.2, -0.15) is 0 Å². The van der Waals surface area contributed by atoms with Crippen molar-refractivity contribution in [1.29, 1.82) is 0 Å². The van der Waals surface area contributed by atoms with E-state index in [1.54, 1.807) is 0 Å². The highest BCUT2D eigenvalue weighted by atomic mass is 16.5. The molecule has 4 rings (SSSR count). The highest BCUT2D eigenvalue weighted by Gasteiger charge is 2.17. The zero-order valence-electron chi connectivity index (χ0n) is 19.8. The summed E-state index contributed by atoms with van der Waals surface area (Å²) in [7, 11) is 0. The molecule has 0 spiro atoms. The Labute approximate surface area is 197 Å². The number of anilines is 1. The molecule has 6 nitrogen and oxygen atoms in total. The maximum atomic E-state index is 6.20. The van der Waals surface area contributed by atoms with Crippen molar-refractivity contribution in [1.82, 2.24) is 10.6 Å². The van der Waals surface area contributed by atoms with Crippen LogP contribution in [0.3, 0.4) is 0 Å². The van der Waals surface area contributed by atoms with Crippen LogP contribution >= 0.6 is 0 Å². The smallest absolute Gasteiger partial charge is 0.191 e. The molecule has 0 aromatic heterocycles. The van der Waals surface area contributed by atoms with Crippen LogP contribution in [0.2, 0.25) is 0 Å².